The quantitative estimate of drug-likeness (QED) is 0.151. The summed E-state index contributed by atoms with van der Waals surface area (Å²) in [6, 6.07) is 6.43. The van der Waals surface area contributed by atoms with E-state index in [-0.39, 0.29) is 22.5 Å². The van der Waals surface area contributed by atoms with Crippen LogP contribution >= 0.6 is 15.6 Å². The number of para-hydroxylation sites is 1. The zero-order valence-electron chi connectivity index (χ0n) is 18.9. The second-order valence-corrected chi connectivity index (χ2v) is 10.5. The van der Waals surface area contributed by atoms with Gasteiger partial charge >= 0.3 is 21.6 Å². The molecule has 0 aliphatic carbocycles. The second-order valence-electron chi connectivity index (χ2n) is 7.64. The van der Waals surface area contributed by atoms with Gasteiger partial charge in [-0.05, 0) is 12.1 Å². The van der Waals surface area contributed by atoms with Gasteiger partial charge in [-0.2, -0.15) is 4.31 Å². The Morgan fingerprint density at radius 1 is 1.22 bits per heavy atom. The number of nitrogens with one attached hydrogen (secondary N) is 1. The summed E-state index contributed by atoms with van der Waals surface area (Å²) in [4.78, 5) is 52.2. The van der Waals surface area contributed by atoms with Crippen molar-refractivity contribution in [2.45, 2.75) is 24.5 Å². The largest absolute Gasteiger partial charge is 0.481 e. The number of carbonyl (C=O) groups excluding carboxylic acids is 1. The molecular weight excluding hydrogens is 538 g/mol. The van der Waals surface area contributed by atoms with E-state index in [9.17, 15) is 23.9 Å². The van der Waals surface area contributed by atoms with E-state index in [0.717, 1.165) is 6.33 Å². The summed E-state index contributed by atoms with van der Waals surface area (Å²) < 4.78 is 43.8. The number of phosphoric ester groups is 1. The summed E-state index contributed by atoms with van der Waals surface area (Å²) in [5.41, 5.74) is 6.78. The van der Waals surface area contributed by atoms with Crippen LogP contribution in [0.4, 0.5) is 11.5 Å². The zero-order chi connectivity index (χ0) is 27.0. The molecule has 3 heterocycles. The molecule has 1 saturated heterocycles. The Bertz CT molecular complexity index is 1400. The highest BCUT2D eigenvalue weighted by atomic mass is 31.3. The molecule has 1 aliphatic rings. The minimum Gasteiger partial charge on any atom is -0.451 e. The number of aliphatic hydroxyl groups excluding tert-OH is 1. The molecule has 1 fully saturated rings. The summed E-state index contributed by atoms with van der Waals surface area (Å²) in [6.45, 7) is -0.879. The van der Waals surface area contributed by atoms with Gasteiger partial charge in [-0.15, -0.1) is 0 Å². The molecule has 2 aromatic heterocycles. The first-order valence-corrected chi connectivity index (χ1v) is 13.4. The lowest BCUT2D eigenvalue weighted by Gasteiger charge is -2.22. The summed E-state index contributed by atoms with van der Waals surface area (Å²) in [5, 5.41) is 13.8. The highest BCUT2D eigenvalue weighted by Gasteiger charge is 2.49. The van der Waals surface area contributed by atoms with Crippen molar-refractivity contribution >= 4 is 44.3 Å². The average molecular weight is 560 g/mol. The van der Waals surface area contributed by atoms with Gasteiger partial charge in [0, 0.05) is 12.7 Å². The van der Waals surface area contributed by atoms with E-state index in [1.54, 1.807) is 25.2 Å². The predicted molar refractivity (Wildman–Crippen MR) is 124 cm³/mol. The third-order valence-electron chi connectivity index (χ3n) is 5.24. The van der Waals surface area contributed by atoms with Gasteiger partial charge in [0.15, 0.2) is 23.8 Å². The first kappa shape index (κ1) is 27.1. The fourth-order valence-corrected chi connectivity index (χ4v) is 5.25. The van der Waals surface area contributed by atoms with Crippen LogP contribution in [0.3, 0.4) is 0 Å². The fourth-order valence-electron chi connectivity index (χ4n) is 3.66. The molecule has 0 radical (unpaired) electrons. The Balaban J connectivity index is 1.64. The van der Waals surface area contributed by atoms with E-state index in [0.29, 0.717) is 5.69 Å². The first-order valence-electron chi connectivity index (χ1n) is 10.4. The van der Waals surface area contributed by atoms with Gasteiger partial charge in [-0.3, -0.25) is 9.09 Å². The van der Waals surface area contributed by atoms with Crippen molar-refractivity contribution in [2.75, 3.05) is 24.7 Å². The van der Waals surface area contributed by atoms with Crippen molar-refractivity contribution in [1.82, 2.24) is 19.5 Å². The lowest BCUT2D eigenvalue weighted by Crippen LogP contribution is -2.37. The number of hydrogen-bond acceptors (Lipinski definition) is 13. The van der Waals surface area contributed by atoms with Gasteiger partial charge in [0.1, 0.15) is 24.1 Å². The van der Waals surface area contributed by atoms with Crippen LogP contribution in [0.2, 0.25) is 0 Å². The van der Waals surface area contributed by atoms with E-state index < -0.39 is 52.8 Å². The van der Waals surface area contributed by atoms with Crippen LogP contribution < -0.4 is 11.1 Å². The molecule has 7 N–H and O–H groups in total. The number of fused-ring (bicyclic) bond motifs is 1. The third kappa shape index (κ3) is 5.96. The number of anilines is 2. The van der Waals surface area contributed by atoms with E-state index in [2.05, 4.69) is 29.1 Å². The predicted octanol–water partition coefficient (Wildman–Crippen LogP) is 0.160. The van der Waals surface area contributed by atoms with Crippen LogP contribution in [0.25, 0.3) is 11.2 Å². The monoisotopic (exact) mass is 560 g/mol. The molecule has 19 heteroatoms. The number of aromatic nitrogens is 4. The van der Waals surface area contributed by atoms with E-state index in [1.165, 1.54) is 17.0 Å². The number of esters is 1. The topological polar surface area (TPSA) is 251 Å². The molecule has 1 aliphatic heterocycles. The number of carbonyl (C=O) groups is 1. The van der Waals surface area contributed by atoms with Gasteiger partial charge in [-0.25, -0.2) is 28.9 Å². The Labute approximate surface area is 208 Å². The number of benzene rings is 1. The molecule has 3 aromatic rings. The molecule has 0 amide bonds. The minimum atomic E-state index is -5.38. The Hall–Kier alpha value is -2.98. The number of nitrogen functional groups attached to an aromatic ring is 1. The van der Waals surface area contributed by atoms with Crippen molar-refractivity contribution < 1.29 is 52.0 Å². The Morgan fingerprint density at radius 3 is 2.65 bits per heavy atom. The summed E-state index contributed by atoms with van der Waals surface area (Å²) in [7, 11) is -9.02. The lowest BCUT2D eigenvalue weighted by molar-refractivity contribution is -0.0558. The van der Waals surface area contributed by atoms with Crippen molar-refractivity contribution in [3.05, 3.63) is 42.5 Å². The van der Waals surface area contributed by atoms with Gasteiger partial charge in [0.05, 0.1) is 18.5 Å². The van der Waals surface area contributed by atoms with Gasteiger partial charge in [0.25, 0.3) is 0 Å². The van der Waals surface area contributed by atoms with Crippen molar-refractivity contribution in [2.24, 2.45) is 0 Å². The van der Waals surface area contributed by atoms with Crippen molar-refractivity contribution in [3.8, 4) is 0 Å². The number of rotatable bonds is 9. The highest BCUT2D eigenvalue weighted by molar-refractivity contribution is 7.60. The van der Waals surface area contributed by atoms with E-state index in [4.69, 9.17) is 25.0 Å². The van der Waals surface area contributed by atoms with E-state index in [1.807, 2.05) is 0 Å². The molecule has 4 rings (SSSR count). The molecule has 0 saturated carbocycles. The Morgan fingerprint density at radius 2 is 1.95 bits per heavy atom. The number of hydrogen-bond donors (Lipinski definition) is 6. The third-order valence-corrected chi connectivity index (χ3v) is 7.40. The smallest absolute Gasteiger partial charge is 0.451 e. The molecular formula is C18H22N6O11P2. The maximum Gasteiger partial charge on any atom is 0.481 e. The first-order chi connectivity index (χ1) is 17.4. The summed E-state index contributed by atoms with van der Waals surface area (Å²) >= 11 is 0. The summed E-state index contributed by atoms with van der Waals surface area (Å²) in [5.74, 6) is -0.783. The number of aliphatic hydroxyl groups is 1. The van der Waals surface area contributed by atoms with Crippen LogP contribution in [0.1, 0.15) is 16.6 Å². The van der Waals surface area contributed by atoms with Crippen LogP contribution in [-0.2, 0) is 27.4 Å². The summed E-state index contributed by atoms with van der Waals surface area (Å²) in [6.07, 6.45) is -3.38. The molecule has 37 heavy (non-hydrogen) atoms. The number of nitrogens with zero attached hydrogens (tertiary/aromatic N) is 4. The molecule has 5 atom stereocenters. The molecule has 17 nitrogen and oxygen atoms in total. The molecule has 200 valence electrons. The van der Waals surface area contributed by atoms with Gasteiger partial charge in [-0.1, -0.05) is 12.1 Å². The van der Waals surface area contributed by atoms with Crippen LogP contribution in [0.5, 0.6) is 0 Å². The standard InChI is InChI=1S/C18H22N6O11P2/c1-20-10-5-3-2-4-9(10)18(26)34-14-13(25)11(6-32-37(30,31)35-36(27,28)29)33-17(14)24-8-23-12-15(19)21-7-22-16(12)24/h2-5,7-8,11,13-14,17,20,25H,6H2,1H3,(H,30,31)(H2,19,21,22)(H2,27,28,29)/t11-,13+,14+,17+/m0/s1. The normalized spacial score (nSPS) is 23.6. The lowest BCUT2D eigenvalue weighted by atomic mass is 10.1. The molecule has 1 unspecified atom stereocenters. The fraction of sp³-hybridized carbons (Fsp3) is 0.333. The second kappa shape index (κ2) is 10.4. The molecule has 0 spiro atoms. The maximum absolute atomic E-state index is 13.0. The van der Waals surface area contributed by atoms with Crippen molar-refractivity contribution in [3.63, 3.8) is 0 Å². The van der Waals surface area contributed by atoms with Gasteiger partial charge in [0.2, 0.25) is 0 Å². The number of ether oxygens (including phenoxy) is 2. The van der Waals surface area contributed by atoms with Crippen molar-refractivity contribution in [1.29, 1.82) is 0 Å². The average Bonchev–Trinajstić information content (AvgIpc) is 3.38. The van der Waals surface area contributed by atoms with Gasteiger partial charge < -0.3 is 40.3 Å². The van der Waals surface area contributed by atoms with Crippen LogP contribution in [-0.4, -0.2) is 77.2 Å². The number of nitrogens with two attached hydrogens (primary N) is 1. The molecule has 1 aromatic carbocycles. The van der Waals surface area contributed by atoms with E-state index >= 15 is 0 Å². The molecule has 0 bridgehead atoms. The maximum atomic E-state index is 13.0. The highest BCUT2D eigenvalue weighted by Crippen LogP contribution is 2.57. The Kier molecular flexibility index (Phi) is 7.62. The van der Waals surface area contributed by atoms with Crippen LogP contribution in [0.15, 0.2) is 36.9 Å². The number of phosphoric acid groups is 2. The minimum absolute atomic E-state index is 0.0504. The SMILES string of the molecule is CNc1ccccc1C(=O)O[C@@H]1[C@H](O)[C@H](COP(=O)(O)OP(=O)(O)O)O[C@H]1n1cnc2c(N)ncnc21. The zero-order valence-corrected chi connectivity index (χ0v) is 20.7. The number of imidazole rings is 1. The van der Waals surface area contributed by atoms with Crippen LogP contribution in [0, 0.1) is 0 Å².